The first kappa shape index (κ1) is 23.3. The van der Waals surface area contributed by atoms with Crippen molar-refractivity contribution in [3.63, 3.8) is 0 Å². The quantitative estimate of drug-likeness (QED) is 0.345. The summed E-state index contributed by atoms with van der Waals surface area (Å²) in [6.45, 7) is 6.80. The van der Waals surface area contributed by atoms with Crippen LogP contribution in [-0.2, 0) is 0 Å². The van der Waals surface area contributed by atoms with Crippen LogP contribution in [-0.4, -0.2) is 54.7 Å². The van der Waals surface area contributed by atoms with Gasteiger partial charge in [-0.25, -0.2) is 28.8 Å². The molecule has 2 N–H and O–H groups in total. The summed E-state index contributed by atoms with van der Waals surface area (Å²) in [5.74, 6) is 1.14. The molecule has 37 heavy (non-hydrogen) atoms. The average Bonchev–Trinajstić information content (AvgIpc) is 3.36. The normalized spacial score (nSPS) is 15.3. The summed E-state index contributed by atoms with van der Waals surface area (Å²) in [7, 11) is 0. The lowest BCUT2D eigenvalue weighted by Crippen LogP contribution is -2.57. The van der Waals surface area contributed by atoms with E-state index in [0.29, 0.717) is 28.2 Å². The van der Waals surface area contributed by atoms with Crippen LogP contribution < -0.4 is 20.3 Å². The highest BCUT2D eigenvalue weighted by molar-refractivity contribution is 6.32. The van der Waals surface area contributed by atoms with Crippen LogP contribution in [0.3, 0.4) is 0 Å². The summed E-state index contributed by atoms with van der Waals surface area (Å²) >= 11 is 6.35. The van der Waals surface area contributed by atoms with Crippen LogP contribution in [0.15, 0.2) is 55.2 Å². The highest BCUT2D eigenvalue weighted by Crippen LogP contribution is 2.36. The predicted molar refractivity (Wildman–Crippen MR) is 139 cm³/mol. The Bertz CT molecular complexity index is 1620. The van der Waals surface area contributed by atoms with Gasteiger partial charge in [0.05, 0.1) is 11.2 Å². The molecule has 1 fully saturated rings. The van der Waals surface area contributed by atoms with Crippen LogP contribution in [0.1, 0.15) is 13.8 Å². The minimum atomic E-state index is -0.672. The van der Waals surface area contributed by atoms with E-state index < -0.39 is 5.82 Å². The van der Waals surface area contributed by atoms with Gasteiger partial charge in [-0.05, 0) is 44.2 Å². The molecule has 4 aromatic heterocycles. The zero-order valence-corrected chi connectivity index (χ0v) is 20.9. The van der Waals surface area contributed by atoms with E-state index in [1.54, 1.807) is 35.0 Å². The molecule has 6 rings (SSSR count). The van der Waals surface area contributed by atoms with E-state index in [4.69, 9.17) is 21.3 Å². The number of anilines is 3. The molecule has 1 saturated heterocycles. The Morgan fingerprint density at radius 2 is 2.00 bits per heavy atom. The molecule has 12 heteroatoms. The van der Waals surface area contributed by atoms with Crippen LogP contribution in [0.5, 0.6) is 11.5 Å². The van der Waals surface area contributed by atoms with E-state index in [1.807, 2.05) is 12.1 Å². The molecular weight excluding hydrogens is 497 g/mol. The van der Waals surface area contributed by atoms with Crippen molar-refractivity contribution in [1.29, 1.82) is 0 Å². The van der Waals surface area contributed by atoms with Gasteiger partial charge in [-0.2, -0.15) is 5.10 Å². The number of benzene rings is 1. The molecule has 5 heterocycles. The minimum absolute atomic E-state index is 0.0337. The molecule has 0 bridgehead atoms. The first-order chi connectivity index (χ1) is 17.9. The maximum absolute atomic E-state index is 15.3. The number of hydrogen-bond donors (Lipinski definition) is 2. The molecule has 0 unspecified atom stereocenters. The molecule has 0 radical (unpaired) electrons. The fraction of sp³-hybridized carbons (Fsp3) is 0.240. The second-order valence-electron chi connectivity index (χ2n) is 9.38. The van der Waals surface area contributed by atoms with Gasteiger partial charge in [0, 0.05) is 37.4 Å². The van der Waals surface area contributed by atoms with Gasteiger partial charge in [0.25, 0.3) is 0 Å². The van der Waals surface area contributed by atoms with Gasteiger partial charge in [-0.3, -0.25) is 0 Å². The number of pyridine rings is 2. The van der Waals surface area contributed by atoms with Gasteiger partial charge >= 0.3 is 0 Å². The lowest BCUT2D eigenvalue weighted by Gasteiger charge is -2.39. The highest BCUT2D eigenvalue weighted by atomic mass is 35.5. The zero-order chi connectivity index (χ0) is 25.6. The predicted octanol–water partition coefficient (Wildman–Crippen LogP) is 4.58. The van der Waals surface area contributed by atoms with Crippen LogP contribution in [0.2, 0.25) is 5.02 Å². The molecule has 1 aliphatic rings. The van der Waals surface area contributed by atoms with E-state index in [9.17, 15) is 0 Å². The molecule has 5 aromatic rings. The van der Waals surface area contributed by atoms with Gasteiger partial charge in [0.2, 0.25) is 0 Å². The molecule has 188 valence electrons. The maximum Gasteiger partial charge on any atom is 0.169 e. The monoisotopic (exact) mass is 519 g/mol. The second kappa shape index (κ2) is 9.09. The van der Waals surface area contributed by atoms with Crippen molar-refractivity contribution in [2.75, 3.05) is 29.9 Å². The van der Waals surface area contributed by atoms with E-state index in [1.165, 1.54) is 12.7 Å². The Balaban J connectivity index is 1.29. The Morgan fingerprint density at radius 1 is 1.11 bits per heavy atom. The van der Waals surface area contributed by atoms with E-state index >= 15 is 4.39 Å². The number of nitrogens with zero attached hydrogens (tertiary/aromatic N) is 7. The fourth-order valence-electron chi connectivity index (χ4n) is 4.36. The number of ether oxygens (including phenoxy) is 1. The highest BCUT2D eigenvalue weighted by Gasteiger charge is 2.27. The molecule has 1 aromatic carbocycles. The summed E-state index contributed by atoms with van der Waals surface area (Å²) < 4.78 is 22.7. The van der Waals surface area contributed by atoms with Crippen LogP contribution >= 0.6 is 11.6 Å². The van der Waals surface area contributed by atoms with Crippen molar-refractivity contribution in [1.82, 2.24) is 34.9 Å². The third-order valence-electron chi connectivity index (χ3n) is 6.14. The number of fused-ring (bicyclic) bond motifs is 2. The summed E-state index contributed by atoms with van der Waals surface area (Å²) in [6, 6.07) is 10.4. The first-order valence-corrected chi connectivity index (χ1v) is 12.1. The topological polar surface area (TPSA) is 105 Å². The Labute approximate surface area is 216 Å². The Kier molecular flexibility index (Phi) is 5.73. The number of nitrogens with one attached hydrogen (secondary N) is 2. The van der Waals surface area contributed by atoms with Gasteiger partial charge in [-0.1, -0.05) is 11.6 Å². The Morgan fingerprint density at radius 3 is 2.86 bits per heavy atom. The number of hydrogen-bond acceptors (Lipinski definition) is 9. The van der Waals surface area contributed by atoms with E-state index in [0.717, 1.165) is 25.5 Å². The average molecular weight is 520 g/mol. The molecule has 0 saturated carbocycles. The third-order valence-corrected chi connectivity index (χ3v) is 6.49. The molecular formula is C25H23ClFN9O. The lowest BCUT2D eigenvalue weighted by molar-refractivity contribution is 0.352. The standard InChI is InChI=1S/C25H23ClFN9O/c1-25(2)12-35(10-8-31-25)19-6-4-17-23(34-19)24(30-13-28-17)33-16-3-5-18(21(26)22(16)27)37-15-7-9-36-20(11-15)29-14-32-36/h3-7,9,11,13-14,31H,8,10,12H2,1-2H3,(H,28,30,33). The lowest BCUT2D eigenvalue weighted by atomic mass is 10.0. The van der Waals surface area contributed by atoms with Crippen molar-refractivity contribution in [2.45, 2.75) is 19.4 Å². The molecule has 0 amide bonds. The maximum atomic E-state index is 15.3. The number of halogens is 2. The fourth-order valence-corrected chi connectivity index (χ4v) is 4.56. The van der Waals surface area contributed by atoms with E-state index in [-0.39, 0.29) is 22.0 Å². The number of rotatable bonds is 5. The first-order valence-electron chi connectivity index (χ1n) is 11.7. The van der Waals surface area contributed by atoms with Crippen LogP contribution in [0.25, 0.3) is 16.7 Å². The number of piperazine rings is 1. The van der Waals surface area contributed by atoms with Crippen molar-refractivity contribution >= 4 is 45.6 Å². The van der Waals surface area contributed by atoms with Gasteiger partial charge in [0.15, 0.2) is 17.3 Å². The molecule has 0 spiro atoms. The third kappa shape index (κ3) is 4.58. The van der Waals surface area contributed by atoms with Crippen molar-refractivity contribution < 1.29 is 9.13 Å². The zero-order valence-electron chi connectivity index (χ0n) is 20.1. The smallest absolute Gasteiger partial charge is 0.169 e. The minimum Gasteiger partial charge on any atom is -0.455 e. The Hall–Kier alpha value is -4.09. The van der Waals surface area contributed by atoms with Gasteiger partial charge in [-0.15, -0.1) is 0 Å². The van der Waals surface area contributed by atoms with Gasteiger partial charge in [0.1, 0.15) is 40.5 Å². The molecule has 0 aliphatic carbocycles. The van der Waals surface area contributed by atoms with Crippen molar-refractivity contribution in [3.05, 3.63) is 66.1 Å². The molecule has 0 atom stereocenters. The van der Waals surface area contributed by atoms with E-state index in [2.05, 4.69) is 49.4 Å². The second-order valence-corrected chi connectivity index (χ2v) is 9.76. The molecule has 10 nitrogen and oxygen atoms in total. The summed E-state index contributed by atoms with van der Waals surface area (Å²) in [5, 5.41) is 10.4. The SMILES string of the molecule is CC1(C)CN(c2ccc3ncnc(Nc4ccc(Oc5ccn6ncnc6c5)c(Cl)c4F)c3n2)CCN1. The largest absolute Gasteiger partial charge is 0.455 e. The van der Waals surface area contributed by atoms with Crippen LogP contribution in [0, 0.1) is 5.82 Å². The van der Waals surface area contributed by atoms with Crippen molar-refractivity contribution in [3.8, 4) is 11.5 Å². The van der Waals surface area contributed by atoms with Gasteiger partial charge < -0.3 is 20.3 Å². The summed E-state index contributed by atoms with van der Waals surface area (Å²) in [6.07, 6.45) is 4.55. The molecule has 1 aliphatic heterocycles. The van der Waals surface area contributed by atoms with Crippen molar-refractivity contribution in [2.24, 2.45) is 0 Å². The van der Waals surface area contributed by atoms with Crippen LogP contribution in [0.4, 0.5) is 21.7 Å². The summed E-state index contributed by atoms with van der Waals surface area (Å²) in [5.41, 5.74) is 1.88. The number of aromatic nitrogens is 6. The summed E-state index contributed by atoms with van der Waals surface area (Å²) in [4.78, 5) is 19.8.